The first-order valence-electron chi connectivity index (χ1n) is 8.36. The second kappa shape index (κ2) is 6.62. The molecule has 1 fully saturated rings. The molecule has 0 saturated heterocycles. The Balaban J connectivity index is 1.80. The summed E-state index contributed by atoms with van der Waals surface area (Å²) in [5, 5.41) is 0. The monoisotopic (exact) mass is 273 g/mol. The molecule has 0 radical (unpaired) electrons. The molecule has 2 N–H and O–H groups in total. The summed E-state index contributed by atoms with van der Waals surface area (Å²) >= 11 is 0. The molecule has 20 heavy (non-hydrogen) atoms. The summed E-state index contributed by atoms with van der Waals surface area (Å²) in [6.45, 7) is 0.849. The first-order chi connectivity index (χ1) is 9.86. The largest absolute Gasteiger partial charge is 0.493 e. The van der Waals surface area contributed by atoms with E-state index in [0.717, 1.165) is 25.2 Å². The van der Waals surface area contributed by atoms with Gasteiger partial charge in [-0.1, -0.05) is 50.3 Å². The van der Waals surface area contributed by atoms with Crippen molar-refractivity contribution in [3.63, 3.8) is 0 Å². The van der Waals surface area contributed by atoms with Crippen molar-refractivity contribution in [2.24, 2.45) is 11.7 Å². The van der Waals surface area contributed by atoms with Crippen molar-refractivity contribution in [2.45, 2.75) is 63.8 Å². The highest BCUT2D eigenvalue weighted by Gasteiger charge is 2.25. The molecule has 110 valence electrons. The summed E-state index contributed by atoms with van der Waals surface area (Å²) in [6.07, 6.45) is 11.7. The van der Waals surface area contributed by atoms with Gasteiger partial charge in [0.1, 0.15) is 5.75 Å². The van der Waals surface area contributed by atoms with E-state index in [1.165, 1.54) is 56.1 Å². The number of hydrogen-bond donors (Lipinski definition) is 1. The average Bonchev–Trinajstić information content (AvgIpc) is 2.46. The third-order valence-corrected chi connectivity index (χ3v) is 4.98. The van der Waals surface area contributed by atoms with Gasteiger partial charge in [-0.15, -0.1) is 0 Å². The molecule has 3 rings (SSSR count). The van der Waals surface area contributed by atoms with Gasteiger partial charge in [0.15, 0.2) is 0 Å². The third kappa shape index (κ3) is 3.01. The Kier molecular flexibility index (Phi) is 4.62. The van der Waals surface area contributed by atoms with Crippen LogP contribution in [0.1, 0.15) is 68.5 Å². The minimum absolute atomic E-state index is 0.154. The smallest absolute Gasteiger partial charge is 0.127 e. The minimum Gasteiger partial charge on any atom is -0.493 e. The highest BCUT2D eigenvalue weighted by Crippen LogP contribution is 2.38. The zero-order chi connectivity index (χ0) is 13.8. The zero-order valence-corrected chi connectivity index (χ0v) is 12.4. The predicted octanol–water partition coefficient (Wildman–Crippen LogP) is 4.37. The third-order valence-electron chi connectivity index (χ3n) is 4.98. The van der Waals surface area contributed by atoms with Crippen molar-refractivity contribution in [3.05, 3.63) is 29.3 Å². The lowest BCUT2D eigenvalue weighted by Gasteiger charge is -2.29. The Morgan fingerprint density at radius 1 is 1.00 bits per heavy atom. The summed E-state index contributed by atoms with van der Waals surface area (Å²) in [7, 11) is 0. The fourth-order valence-corrected chi connectivity index (χ4v) is 3.78. The maximum atomic E-state index is 6.63. The Bertz CT molecular complexity index is 435. The van der Waals surface area contributed by atoms with Crippen LogP contribution in [-0.4, -0.2) is 6.61 Å². The molecule has 1 aliphatic heterocycles. The van der Waals surface area contributed by atoms with E-state index in [1.54, 1.807) is 0 Å². The number of rotatable bonds is 2. The number of aryl methyl sites for hydroxylation is 1. The van der Waals surface area contributed by atoms with Crippen LogP contribution in [0.2, 0.25) is 0 Å². The van der Waals surface area contributed by atoms with Crippen LogP contribution in [0.3, 0.4) is 0 Å². The zero-order valence-electron chi connectivity index (χ0n) is 12.4. The maximum absolute atomic E-state index is 6.63. The van der Waals surface area contributed by atoms with Crippen LogP contribution in [0.25, 0.3) is 0 Å². The predicted molar refractivity (Wildman–Crippen MR) is 83.0 cm³/mol. The molecule has 0 aromatic heterocycles. The van der Waals surface area contributed by atoms with Crippen LogP contribution in [-0.2, 0) is 6.42 Å². The lowest BCUT2D eigenvalue weighted by Crippen LogP contribution is -2.24. The molecule has 1 atom stereocenters. The normalized spacial score (nSPS) is 22.2. The fourth-order valence-electron chi connectivity index (χ4n) is 3.78. The van der Waals surface area contributed by atoms with Gasteiger partial charge >= 0.3 is 0 Å². The van der Waals surface area contributed by atoms with E-state index in [2.05, 4.69) is 18.2 Å². The minimum atomic E-state index is 0.154. The Morgan fingerprint density at radius 2 is 1.75 bits per heavy atom. The number of nitrogens with two attached hydrogens (primary N) is 1. The molecule has 2 heteroatoms. The second-order valence-corrected chi connectivity index (χ2v) is 6.42. The van der Waals surface area contributed by atoms with E-state index in [9.17, 15) is 0 Å². The summed E-state index contributed by atoms with van der Waals surface area (Å²) in [5.74, 6) is 1.74. The molecule has 2 nitrogen and oxygen atoms in total. The van der Waals surface area contributed by atoms with E-state index in [-0.39, 0.29) is 6.04 Å². The van der Waals surface area contributed by atoms with Crippen molar-refractivity contribution in [3.8, 4) is 5.75 Å². The Labute approximate surface area is 122 Å². The van der Waals surface area contributed by atoms with Gasteiger partial charge in [0.2, 0.25) is 0 Å². The van der Waals surface area contributed by atoms with E-state index in [0.29, 0.717) is 5.92 Å². The van der Waals surface area contributed by atoms with Crippen molar-refractivity contribution >= 4 is 0 Å². The quantitative estimate of drug-likeness (QED) is 0.868. The molecule has 1 aliphatic carbocycles. The number of hydrogen-bond acceptors (Lipinski definition) is 2. The highest BCUT2D eigenvalue weighted by molar-refractivity contribution is 5.44. The summed E-state index contributed by atoms with van der Waals surface area (Å²) in [5.41, 5.74) is 9.25. The van der Waals surface area contributed by atoms with Crippen LogP contribution < -0.4 is 10.5 Å². The first-order valence-corrected chi connectivity index (χ1v) is 8.36. The molecule has 2 aliphatic rings. The summed E-state index contributed by atoms with van der Waals surface area (Å²) < 4.78 is 5.94. The number of fused-ring (bicyclic) bond motifs is 1. The fraction of sp³-hybridized carbons (Fsp3) is 0.667. The van der Waals surface area contributed by atoms with E-state index < -0.39 is 0 Å². The van der Waals surface area contributed by atoms with Crippen molar-refractivity contribution in [1.82, 2.24) is 0 Å². The van der Waals surface area contributed by atoms with Crippen molar-refractivity contribution in [1.29, 1.82) is 0 Å². The van der Waals surface area contributed by atoms with E-state index in [1.807, 2.05) is 0 Å². The van der Waals surface area contributed by atoms with E-state index >= 15 is 0 Å². The molecular weight excluding hydrogens is 246 g/mol. The standard InChI is InChI=1S/C18H27NO/c19-17(14-8-4-2-1-3-5-9-14)16-12-6-10-15-11-7-13-20-18(15)16/h6,10,12,14,17H,1-5,7-9,11,13,19H2. The van der Waals surface area contributed by atoms with Crippen LogP contribution in [0.4, 0.5) is 0 Å². The van der Waals surface area contributed by atoms with Gasteiger partial charge in [0.05, 0.1) is 6.61 Å². The van der Waals surface area contributed by atoms with Gasteiger partial charge in [-0.25, -0.2) is 0 Å². The van der Waals surface area contributed by atoms with Crippen LogP contribution >= 0.6 is 0 Å². The van der Waals surface area contributed by atoms with Gasteiger partial charge < -0.3 is 10.5 Å². The van der Waals surface area contributed by atoms with Gasteiger partial charge in [-0.05, 0) is 37.2 Å². The van der Waals surface area contributed by atoms with E-state index in [4.69, 9.17) is 10.5 Å². The lowest BCUT2D eigenvalue weighted by atomic mass is 9.82. The van der Waals surface area contributed by atoms with Crippen LogP contribution in [0.5, 0.6) is 5.75 Å². The maximum Gasteiger partial charge on any atom is 0.127 e. The molecule has 1 heterocycles. The van der Waals surface area contributed by atoms with Gasteiger partial charge in [-0.2, -0.15) is 0 Å². The van der Waals surface area contributed by atoms with Crippen LogP contribution in [0, 0.1) is 5.92 Å². The highest BCUT2D eigenvalue weighted by atomic mass is 16.5. The molecule has 1 aromatic carbocycles. The lowest BCUT2D eigenvalue weighted by molar-refractivity contribution is 0.272. The number of benzene rings is 1. The topological polar surface area (TPSA) is 35.2 Å². The average molecular weight is 273 g/mol. The molecule has 0 amide bonds. The molecule has 0 bridgehead atoms. The first kappa shape index (κ1) is 13.9. The molecule has 1 unspecified atom stereocenters. The summed E-state index contributed by atoms with van der Waals surface area (Å²) in [6, 6.07) is 6.70. The van der Waals surface area contributed by atoms with Crippen LogP contribution in [0.15, 0.2) is 18.2 Å². The van der Waals surface area contributed by atoms with Crippen molar-refractivity contribution < 1.29 is 4.74 Å². The second-order valence-electron chi connectivity index (χ2n) is 6.42. The van der Waals surface area contributed by atoms with Crippen molar-refractivity contribution in [2.75, 3.05) is 6.61 Å². The number of para-hydroxylation sites is 1. The van der Waals surface area contributed by atoms with Gasteiger partial charge in [0.25, 0.3) is 0 Å². The summed E-state index contributed by atoms with van der Waals surface area (Å²) in [4.78, 5) is 0. The SMILES string of the molecule is NC(c1cccc2c1OCCC2)C1CCCCCCC1. The van der Waals surface area contributed by atoms with Gasteiger partial charge in [-0.3, -0.25) is 0 Å². The molecule has 0 spiro atoms. The molecular formula is C18H27NO. The molecule has 1 saturated carbocycles. The number of ether oxygens (including phenoxy) is 1. The van der Waals surface area contributed by atoms with Gasteiger partial charge in [0, 0.05) is 11.6 Å². The molecule has 1 aromatic rings. The Hall–Kier alpha value is -1.02. The Morgan fingerprint density at radius 3 is 2.55 bits per heavy atom.